The van der Waals surface area contributed by atoms with E-state index in [-0.39, 0.29) is 37.8 Å². The van der Waals surface area contributed by atoms with Crippen LogP contribution < -0.4 is 5.32 Å². The molecule has 15 heteroatoms. The van der Waals surface area contributed by atoms with E-state index >= 15 is 0 Å². The molecule has 11 nitrogen and oxygen atoms in total. The van der Waals surface area contributed by atoms with Crippen molar-refractivity contribution in [2.24, 2.45) is 0 Å². The number of amides is 1. The molecule has 1 aliphatic heterocycles. The number of benzene rings is 2. The van der Waals surface area contributed by atoms with Gasteiger partial charge in [0.05, 0.1) is 20.9 Å². The van der Waals surface area contributed by atoms with Gasteiger partial charge in [-0.2, -0.15) is 4.31 Å². The Labute approximate surface area is 209 Å². The number of carbonyl (C=O) groups excluding carboxylic acids is 1. The Bertz CT molecular complexity index is 1490. The fraction of sp³-hybridized carbons (Fsp3) is 0.200. The summed E-state index contributed by atoms with van der Waals surface area (Å²) in [5.74, 6) is -0.631. The van der Waals surface area contributed by atoms with Crippen molar-refractivity contribution in [3.63, 3.8) is 0 Å². The summed E-state index contributed by atoms with van der Waals surface area (Å²) in [6, 6.07) is 9.01. The number of hydrogen-bond donors (Lipinski definition) is 1. The van der Waals surface area contributed by atoms with Crippen LogP contribution in [0, 0.1) is 10.1 Å². The third-order valence-corrected chi connectivity index (χ3v) is 10.6. The van der Waals surface area contributed by atoms with Crippen LogP contribution in [0.25, 0.3) is 0 Å². The lowest BCUT2D eigenvalue weighted by Gasteiger charge is -2.23. The molecule has 184 valence electrons. The number of rotatable bonds is 7. The molecule has 1 unspecified atom stereocenters. The van der Waals surface area contributed by atoms with Crippen molar-refractivity contribution in [3.8, 4) is 0 Å². The van der Waals surface area contributed by atoms with Gasteiger partial charge in [0.25, 0.3) is 5.69 Å². The molecule has 2 aromatic carbocycles. The molecule has 0 saturated carbocycles. The lowest BCUT2D eigenvalue weighted by atomic mass is 10.2. The Morgan fingerprint density at radius 2 is 1.71 bits per heavy atom. The SMILES string of the molecule is O=C(Nc1ncc(S(=O)(=O)c2ccc([N+](=O)[O-])cc2)s1)C1CCCN1S(=O)(=O)c1ccc(Cl)cc1. The smallest absolute Gasteiger partial charge is 0.269 e. The van der Waals surface area contributed by atoms with Crippen molar-refractivity contribution in [1.82, 2.24) is 9.29 Å². The maximum absolute atomic E-state index is 13.0. The van der Waals surface area contributed by atoms with Gasteiger partial charge in [0, 0.05) is 23.7 Å². The molecule has 1 N–H and O–H groups in total. The first kappa shape index (κ1) is 25.2. The fourth-order valence-electron chi connectivity index (χ4n) is 3.53. The highest BCUT2D eigenvalue weighted by atomic mass is 35.5. The number of anilines is 1. The van der Waals surface area contributed by atoms with E-state index in [4.69, 9.17) is 11.6 Å². The van der Waals surface area contributed by atoms with Gasteiger partial charge >= 0.3 is 0 Å². The first-order valence-corrected chi connectivity index (χ1v) is 14.2. The van der Waals surface area contributed by atoms with Crippen molar-refractivity contribution in [2.45, 2.75) is 32.9 Å². The summed E-state index contributed by atoms with van der Waals surface area (Å²) in [7, 11) is -7.98. The molecular formula is C20H17ClN4O7S3. The molecule has 0 bridgehead atoms. The van der Waals surface area contributed by atoms with Gasteiger partial charge in [0.1, 0.15) is 10.3 Å². The normalized spacial score (nSPS) is 16.8. The molecule has 4 rings (SSSR count). The zero-order valence-electron chi connectivity index (χ0n) is 17.7. The van der Waals surface area contributed by atoms with Crippen LogP contribution in [0.15, 0.2) is 68.7 Å². The maximum Gasteiger partial charge on any atom is 0.269 e. The lowest BCUT2D eigenvalue weighted by Crippen LogP contribution is -2.43. The molecule has 0 aliphatic carbocycles. The molecule has 1 atom stereocenters. The van der Waals surface area contributed by atoms with E-state index in [1.54, 1.807) is 0 Å². The third kappa shape index (κ3) is 5.06. The summed E-state index contributed by atoms with van der Waals surface area (Å²) in [5, 5.41) is 13.6. The second-order valence-corrected chi connectivity index (χ2v) is 13.0. The first-order chi connectivity index (χ1) is 16.5. The molecule has 35 heavy (non-hydrogen) atoms. The van der Waals surface area contributed by atoms with Crippen LogP contribution in [-0.2, 0) is 24.7 Å². The third-order valence-electron chi connectivity index (χ3n) is 5.26. The minimum atomic E-state index is -4.02. The van der Waals surface area contributed by atoms with E-state index in [0.29, 0.717) is 22.8 Å². The summed E-state index contributed by atoms with van der Waals surface area (Å²) in [5.41, 5.74) is -0.254. The number of nitrogens with one attached hydrogen (secondary N) is 1. The Morgan fingerprint density at radius 1 is 1.09 bits per heavy atom. The number of nitrogens with zero attached hydrogens (tertiary/aromatic N) is 3. The topological polar surface area (TPSA) is 157 Å². The summed E-state index contributed by atoms with van der Waals surface area (Å²) in [4.78, 5) is 26.8. The number of aromatic nitrogens is 1. The van der Waals surface area contributed by atoms with Crippen molar-refractivity contribution in [1.29, 1.82) is 0 Å². The number of nitro groups is 1. The molecule has 2 heterocycles. The fourth-order valence-corrected chi connectivity index (χ4v) is 7.74. The van der Waals surface area contributed by atoms with Crippen molar-refractivity contribution in [2.75, 3.05) is 11.9 Å². The van der Waals surface area contributed by atoms with E-state index < -0.39 is 36.7 Å². The van der Waals surface area contributed by atoms with Crippen LogP contribution in [0.3, 0.4) is 0 Å². The van der Waals surface area contributed by atoms with Crippen molar-refractivity contribution in [3.05, 3.63) is 69.9 Å². The number of sulfonamides is 1. The molecule has 1 amide bonds. The quantitative estimate of drug-likeness (QED) is 0.343. The molecular weight excluding hydrogens is 540 g/mol. The number of sulfone groups is 1. The van der Waals surface area contributed by atoms with Crippen LogP contribution in [0.4, 0.5) is 10.8 Å². The van der Waals surface area contributed by atoms with Crippen molar-refractivity contribution < 1.29 is 26.6 Å². The molecule has 1 aliphatic rings. The van der Waals surface area contributed by atoms with Gasteiger partial charge in [-0.15, -0.1) is 0 Å². The Kier molecular flexibility index (Phi) is 6.92. The van der Waals surface area contributed by atoms with E-state index in [1.807, 2.05) is 0 Å². The number of carbonyl (C=O) groups is 1. The minimum Gasteiger partial charge on any atom is -0.301 e. The van der Waals surface area contributed by atoms with E-state index in [1.165, 1.54) is 24.3 Å². The highest BCUT2D eigenvalue weighted by molar-refractivity contribution is 7.93. The number of non-ortho nitro benzene ring substituents is 1. The summed E-state index contributed by atoms with van der Waals surface area (Å²) < 4.78 is 52.7. The molecule has 3 aromatic rings. The zero-order chi connectivity index (χ0) is 25.4. The largest absolute Gasteiger partial charge is 0.301 e. The molecule has 1 saturated heterocycles. The van der Waals surface area contributed by atoms with E-state index in [2.05, 4.69) is 10.3 Å². The zero-order valence-corrected chi connectivity index (χ0v) is 20.9. The van der Waals surface area contributed by atoms with Gasteiger partial charge in [-0.25, -0.2) is 21.8 Å². The van der Waals surface area contributed by atoms with Gasteiger partial charge in [0.2, 0.25) is 25.8 Å². The standard InChI is InChI=1S/C20H17ClN4O7S3/c21-13-3-7-16(8-4-13)35(31,32)24-11-1-2-17(24)19(26)23-20-22-12-18(33-20)34(29,30)15-9-5-14(6-10-15)25(27)28/h3-10,12,17H,1-2,11H2,(H,22,23,26). The number of hydrogen-bond acceptors (Lipinski definition) is 9. The molecule has 0 spiro atoms. The van der Waals surface area contributed by atoms with Crippen LogP contribution >= 0.6 is 22.9 Å². The molecule has 1 aromatic heterocycles. The maximum atomic E-state index is 13.0. The van der Waals surface area contributed by atoms with Gasteiger partial charge in [0.15, 0.2) is 5.13 Å². The second kappa shape index (κ2) is 9.62. The minimum absolute atomic E-state index is 0.00678. The van der Waals surface area contributed by atoms with E-state index in [0.717, 1.165) is 34.8 Å². The lowest BCUT2D eigenvalue weighted by molar-refractivity contribution is -0.384. The van der Waals surface area contributed by atoms with Crippen LogP contribution in [0.1, 0.15) is 12.8 Å². The second-order valence-electron chi connectivity index (χ2n) is 7.46. The Morgan fingerprint density at radius 3 is 2.34 bits per heavy atom. The number of thiazole rings is 1. The molecule has 1 fully saturated rings. The first-order valence-electron chi connectivity index (χ1n) is 10.0. The summed E-state index contributed by atoms with van der Waals surface area (Å²) >= 11 is 6.53. The predicted octanol–water partition coefficient (Wildman–Crippen LogP) is 3.33. The Hall–Kier alpha value is -2.91. The summed E-state index contributed by atoms with van der Waals surface area (Å²) in [6.45, 7) is 0.153. The van der Waals surface area contributed by atoms with Crippen LogP contribution in [0.2, 0.25) is 5.02 Å². The molecule has 0 radical (unpaired) electrons. The van der Waals surface area contributed by atoms with E-state index in [9.17, 15) is 31.7 Å². The summed E-state index contributed by atoms with van der Waals surface area (Å²) in [6.07, 6.45) is 1.83. The van der Waals surface area contributed by atoms with Gasteiger partial charge in [-0.1, -0.05) is 22.9 Å². The van der Waals surface area contributed by atoms with Gasteiger partial charge < -0.3 is 5.32 Å². The van der Waals surface area contributed by atoms with Crippen LogP contribution in [0.5, 0.6) is 0 Å². The van der Waals surface area contributed by atoms with Gasteiger partial charge in [-0.05, 0) is 49.2 Å². The monoisotopic (exact) mass is 556 g/mol. The number of nitro benzene ring substituents is 1. The van der Waals surface area contributed by atoms with Crippen molar-refractivity contribution >= 4 is 59.5 Å². The van der Waals surface area contributed by atoms with Crippen LogP contribution in [-0.4, -0.2) is 49.5 Å². The highest BCUT2D eigenvalue weighted by Gasteiger charge is 2.39. The number of halogens is 1. The average molecular weight is 557 g/mol. The van der Waals surface area contributed by atoms with Gasteiger partial charge in [-0.3, -0.25) is 14.9 Å². The predicted molar refractivity (Wildman–Crippen MR) is 128 cm³/mol. The highest BCUT2D eigenvalue weighted by Crippen LogP contribution is 2.31. The Balaban J connectivity index is 1.51. The average Bonchev–Trinajstić information content (AvgIpc) is 3.50.